The van der Waals surface area contributed by atoms with Crippen molar-refractivity contribution in [1.29, 1.82) is 0 Å². The number of nitrogens with zero attached hydrogens (tertiary/aromatic N) is 1. The van der Waals surface area contributed by atoms with Gasteiger partial charge in [0.05, 0.1) is 13.2 Å². The van der Waals surface area contributed by atoms with E-state index in [-0.39, 0.29) is 18.6 Å². The number of likely N-dealkylation sites (N-methyl/N-ethyl adjacent to an activating group) is 1. The minimum absolute atomic E-state index is 0.0188. The van der Waals surface area contributed by atoms with Gasteiger partial charge in [0, 0.05) is 12.6 Å². The average Bonchev–Trinajstić information content (AvgIpc) is 2.04. The molecule has 1 unspecified atom stereocenters. The first-order valence-electron chi connectivity index (χ1n) is 4.68. The molecule has 4 heteroatoms. The summed E-state index contributed by atoms with van der Waals surface area (Å²) >= 11 is 0. The molecule has 0 heterocycles. The van der Waals surface area contributed by atoms with Crippen molar-refractivity contribution >= 4 is 5.91 Å². The van der Waals surface area contributed by atoms with Gasteiger partial charge in [0.2, 0.25) is 5.91 Å². The molecular formula is C9H20N2O2. The van der Waals surface area contributed by atoms with E-state index in [2.05, 4.69) is 5.32 Å². The van der Waals surface area contributed by atoms with Crippen LogP contribution in [-0.4, -0.2) is 48.7 Å². The number of nitrogens with one attached hydrogen (secondary N) is 1. The summed E-state index contributed by atoms with van der Waals surface area (Å²) in [6.45, 7) is 4.98. The summed E-state index contributed by atoms with van der Waals surface area (Å²) in [6, 6.07) is 0.232. The van der Waals surface area contributed by atoms with Gasteiger partial charge in [-0.05, 0) is 20.4 Å². The second-order valence-corrected chi connectivity index (χ2v) is 3.34. The number of rotatable bonds is 6. The summed E-state index contributed by atoms with van der Waals surface area (Å²) in [4.78, 5) is 13.1. The van der Waals surface area contributed by atoms with Crippen molar-refractivity contribution in [1.82, 2.24) is 10.2 Å². The van der Waals surface area contributed by atoms with Gasteiger partial charge < -0.3 is 10.4 Å². The molecule has 0 aliphatic rings. The van der Waals surface area contributed by atoms with E-state index in [9.17, 15) is 4.79 Å². The standard InChI is InChI=1S/C9H20N2O2/c1-4-8(2)10-9(13)7-11(3)5-6-12/h8,12H,4-7H2,1-3H3,(H,10,13). The second kappa shape index (κ2) is 6.86. The first-order chi connectivity index (χ1) is 6.10. The van der Waals surface area contributed by atoms with Crippen molar-refractivity contribution in [2.24, 2.45) is 0 Å². The molecule has 0 saturated heterocycles. The number of amides is 1. The van der Waals surface area contributed by atoms with Crippen LogP contribution in [0.25, 0.3) is 0 Å². The SMILES string of the molecule is CCC(C)NC(=O)CN(C)CCO. The molecule has 0 aliphatic carbocycles. The van der Waals surface area contributed by atoms with Gasteiger partial charge in [0.15, 0.2) is 0 Å². The second-order valence-electron chi connectivity index (χ2n) is 3.34. The molecule has 4 nitrogen and oxygen atoms in total. The normalized spacial score (nSPS) is 13.0. The molecule has 1 atom stereocenters. The molecule has 0 aromatic rings. The lowest BCUT2D eigenvalue weighted by atomic mass is 10.2. The Morgan fingerprint density at radius 1 is 1.62 bits per heavy atom. The summed E-state index contributed by atoms with van der Waals surface area (Å²) in [5.41, 5.74) is 0. The number of carbonyl (C=O) groups is 1. The highest BCUT2D eigenvalue weighted by Crippen LogP contribution is 1.88. The van der Waals surface area contributed by atoms with Gasteiger partial charge in [0.25, 0.3) is 0 Å². The molecule has 0 saturated carbocycles. The van der Waals surface area contributed by atoms with Crippen molar-refractivity contribution < 1.29 is 9.90 Å². The molecule has 0 radical (unpaired) electrons. The van der Waals surface area contributed by atoms with Crippen molar-refractivity contribution in [3.63, 3.8) is 0 Å². The minimum atomic E-state index is 0.0188. The van der Waals surface area contributed by atoms with E-state index in [4.69, 9.17) is 5.11 Å². The fraction of sp³-hybridized carbons (Fsp3) is 0.889. The van der Waals surface area contributed by atoms with Gasteiger partial charge in [0.1, 0.15) is 0 Å². The number of aliphatic hydroxyl groups excluding tert-OH is 1. The van der Waals surface area contributed by atoms with E-state index < -0.39 is 0 Å². The first-order valence-corrected chi connectivity index (χ1v) is 4.68. The van der Waals surface area contributed by atoms with Crippen LogP contribution in [0.3, 0.4) is 0 Å². The topological polar surface area (TPSA) is 52.6 Å². The molecule has 13 heavy (non-hydrogen) atoms. The molecule has 0 aromatic heterocycles. The Hall–Kier alpha value is -0.610. The zero-order valence-corrected chi connectivity index (χ0v) is 8.71. The average molecular weight is 188 g/mol. The van der Waals surface area contributed by atoms with Crippen LogP contribution in [0.5, 0.6) is 0 Å². The molecule has 1 amide bonds. The van der Waals surface area contributed by atoms with Crippen LogP contribution >= 0.6 is 0 Å². The van der Waals surface area contributed by atoms with Gasteiger partial charge in [-0.3, -0.25) is 9.69 Å². The fourth-order valence-corrected chi connectivity index (χ4v) is 0.917. The maximum atomic E-state index is 11.3. The monoisotopic (exact) mass is 188 g/mol. The van der Waals surface area contributed by atoms with E-state index in [1.165, 1.54) is 0 Å². The zero-order chi connectivity index (χ0) is 10.3. The van der Waals surface area contributed by atoms with Crippen molar-refractivity contribution in [2.45, 2.75) is 26.3 Å². The zero-order valence-electron chi connectivity index (χ0n) is 8.71. The molecular weight excluding hydrogens is 168 g/mol. The van der Waals surface area contributed by atoms with E-state index in [1.54, 1.807) is 4.90 Å². The number of hydrogen-bond donors (Lipinski definition) is 2. The van der Waals surface area contributed by atoms with Gasteiger partial charge in [-0.1, -0.05) is 6.92 Å². The maximum Gasteiger partial charge on any atom is 0.234 e. The highest BCUT2D eigenvalue weighted by Gasteiger charge is 2.07. The van der Waals surface area contributed by atoms with Gasteiger partial charge in [-0.25, -0.2) is 0 Å². The van der Waals surface area contributed by atoms with E-state index in [0.29, 0.717) is 13.1 Å². The van der Waals surface area contributed by atoms with Crippen molar-refractivity contribution in [2.75, 3.05) is 26.7 Å². The Labute approximate surface area is 79.9 Å². The number of carbonyl (C=O) groups excluding carboxylic acids is 1. The first kappa shape index (κ1) is 12.4. The maximum absolute atomic E-state index is 11.3. The Morgan fingerprint density at radius 3 is 2.69 bits per heavy atom. The lowest BCUT2D eigenvalue weighted by Crippen LogP contribution is -2.40. The third kappa shape index (κ3) is 6.54. The van der Waals surface area contributed by atoms with Crippen LogP contribution in [0.2, 0.25) is 0 Å². The van der Waals surface area contributed by atoms with Crippen LogP contribution in [0, 0.1) is 0 Å². The van der Waals surface area contributed by atoms with Gasteiger partial charge in [-0.2, -0.15) is 0 Å². The Morgan fingerprint density at radius 2 is 2.23 bits per heavy atom. The Balaban J connectivity index is 3.61. The summed E-state index contributed by atoms with van der Waals surface area (Å²) in [5, 5.41) is 11.5. The molecule has 0 aliphatic heterocycles. The highest BCUT2D eigenvalue weighted by atomic mass is 16.3. The Kier molecular flexibility index (Phi) is 6.54. The van der Waals surface area contributed by atoms with Crippen LogP contribution in [-0.2, 0) is 4.79 Å². The van der Waals surface area contributed by atoms with E-state index >= 15 is 0 Å². The molecule has 0 spiro atoms. The van der Waals surface area contributed by atoms with Crippen molar-refractivity contribution in [3.05, 3.63) is 0 Å². The third-order valence-electron chi connectivity index (χ3n) is 1.92. The summed E-state index contributed by atoms with van der Waals surface area (Å²) in [5.74, 6) is 0.0188. The lowest BCUT2D eigenvalue weighted by Gasteiger charge is -2.17. The van der Waals surface area contributed by atoms with Crippen molar-refractivity contribution in [3.8, 4) is 0 Å². The summed E-state index contributed by atoms with van der Waals surface area (Å²) < 4.78 is 0. The predicted molar refractivity (Wildman–Crippen MR) is 52.5 cm³/mol. The lowest BCUT2D eigenvalue weighted by molar-refractivity contribution is -0.122. The van der Waals surface area contributed by atoms with Crippen LogP contribution < -0.4 is 5.32 Å². The molecule has 0 aromatic carbocycles. The third-order valence-corrected chi connectivity index (χ3v) is 1.92. The summed E-state index contributed by atoms with van der Waals surface area (Å²) in [6.07, 6.45) is 0.940. The van der Waals surface area contributed by atoms with Gasteiger partial charge >= 0.3 is 0 Å². The molecule has 2 N–H and O–H groups in total. The van der Waals surface area contributed by atoms with Gasteiger partial charge in [-0.15, -0.1) is 0 Å². The summed E-state index contributed by atoms with van der Waals surface area (Å²) in [7, 11) is 1.81. The molecule has 0 rings (SSSR count). The number of hydrogen-bond acceptors (Lipinski definition) is 3. The van der Waals surface area contributed by atoms with E-state index in [0.717, 1.165) is 6.42 Å². The van der Waals surface area contributed by atoms with Crippen LogP contribution in [0.15, 0.2) is 0 Å². The molecule has 0 bridgehead atoms. The Bertz CT molecular complexity index is 151. The smallest absolute Gasteiger partial charge is 0.234 e. The van der Waals surface area contributed by atoms with Crippen LogP contribution in [0.1, 0.15) is 20.3 Å². The quantitative estimate of drug-likeness (QED) is 0.608. The predicted octanol–water partition coefficient (Wildman–Crippen LogP) is -0.175. The largest absolute Gasteiger partial charge is 0.395 e. The number of aliphatic hydroxyl groups is 1. The fourth-order valence-electron chi connectivity index (χ4n) is 0.917. The molecule has 0 fully saturated rings. The molecule has 78 valence electrons. The minimum Gasteiger partial charge on any atom is -0.395 e. The van der Waals surface area contributed by atoms with E-state index in [1.807, 2.05) is 20.9 Å². The highest BCUT2D eigenvalue weighted by molar-refractivity contribution is 5.78. The van der Waals surface area contributed by atoms with Crippen LogP contribution in [0.4, 0.5) is 0 Å².